The van der Waals surface area contributed by atoms with Gasteiger partial charge in [-0.3, -0.25) is 4.79 Å². The molecule has 28 heavy (non-hydrogen) atoms. The standard InChI is InChI=1S/C23H18BrNO3/c1-27-21-12-16(11-18-17-9-5-6-10-20(17)25-23(18)26)19(24)13-22(21)28-14-15-7-3-2-4-8-15/h2-13H,14H2,1H3,(H,25,26)/b18-11-. The predicted molar refractivity (Wildman–Crippen MR) is 114 cm³/mol. The summed E-state index contributed by atoms with van der Waals surface area (Å²) >= 11 is 3.59. The third-order valence-electron chi connectivity index (χ3n) is 4.53. The van der Waals surface area contributed by atoms with Crippen LogP contribution in [0.2, 0.25) is 0 Å². The van der Waals surface area contributed by atoms with Crippen LogP contribution in [0.5, 0.6) is 11.5 Å². The van der Waals surface area contributed by atoms with Crippen molar-refractivity contribution in [2.45, 2.75) is 6.61 Å². The van der Waals surface area contributed by atoms with Crippen molar-refractivity contribution in [1.82, 2.24) is 0 Å². The largest absolute Gasteiger partial charge is 0.493 e. The van der Waals surface area contributed by atoms with E-state index in [2.05, 4.69) is 21.2 Å². The van der Waals surface area contributed by atoms with E-state index in [1.165, 1.54) is 0 Å². The van der Waals surface area contributed by atoms with Gasteiger partial charge in [-0.1, -0.05) is 64.5 Å². The zero-order valence-corrected chi connectivity index (χ0v) is 16.8. The molecule has 140 valence electrons. The summed E-state index contributed by atoms with van der Waals surface area (Å²) in [6.45, 7) is 0.444. The number of anilines is 1. The molecular formula is C23H18BrNO3. The smallest absolute Gasteiger partial charge is 0.256 e. The van der Waals surface area contributed by atoms with Crippen molar-refractivity contribution in [3.05, 3.63) is 87.9 Å². The van der Waals surface area contributed by atoms with E-state index in [0.717, 1.165) is 26.9 Å². The molecule has 0 bridgehead atoms. The fourth-order valence-electron chi connectivity index (χ4n) is 3.11. The Labute approximate surface area is 171 Å². The number of halogens is 1. The van der Waals surface area contributed by atoms with Crippen LogP contribution in [0.4, 0.5) is 5.69 Å². The molecular weight excluding hydrogens is 418 g/mol. The van der Waals surface area contributed by atoms with Gasteiger partial charge >= 0.3 is 0 Å². The Morgan fingerprint density at radius 1 is 1.00 bits per heavy atom. The van der Waals surface area contributed by atoms with Crippen molar-refractivity contribution in [3.63, 3.8) is 0 Å². The minimum Gasteiger partial charge on any atom is -0.493 e. The lowest BCUT2D eigenvalue weighted by Crippen LogP contribution is -2.03. The lowest BCUT2D eigenvalue weighted by atomic mass is 10.0. The highest BCUT2D eigenvalue weighted by Gasteiger charge is 2.24. The predicted octanol–water partition coefficient (Wildman–Crippen LogP) is 5.53. The number of methoxy groups -OCH3 is 1. The number of nitrogens with one attached hydrogen (secondary N) is 1. The van der Waals surface area contributed by atoms with E-state index in [1.54, 1.807) is 7.11 Å². The number of amides is 1. The van der Waals surface area contributed by atoms with Gasteiger partial charge in [0.25, 0.3) is 5.91 Å². The van der Waals surface area contributed by atoms with E-state index in [1.807, 2.05) is 72.8 Å². The monoisotopic (exact) mass is 435 g/mol. The molecule has 0 aliphatic carbocycles. The molecule has 0 saturated carbocycles. The maximum absolute atomic E-state index is 12.4. The summed E-state index contributed by atoms with van der Waals surface area (Å²) in [5.74, 6) is 1.13. The molecule has 0 fully saturated rings. The summed E-state index contributed by atoms with van der Waals surface area (Å²) in [5.41, 5.74) is 4.25. The fourth-order valence-corrected chi connectivity index (χ4v) is 3.54. The highest BCUT2D eigenvalue weighted by Crippen LogP contribution is 2.38. The van der Waals surface area contributed by atoms with E-state index >= 15 is 0 Å². The minimum atomic E-state index is -0.114. The quantitative estimate of drug-likeness (QED) is 0.535. The van der Waals surface area contributed by atoms with Crippen LogP contribution in [0.1, 0.15) is 16.7 Å². The summed E-state index contributed by atoms with van der Waals surface area (Å²) < 4.78 is 12.3. The van der Waals surface area contributed by atoms with Gasteiger partial charge in [0.2, 0.25) is 0 Å². The van der Waals surface area contributed by atoms with Gasteiger partial charge in [0.15, 0.2) is 11.5 Å². The van der Waals surface area contributed by atoms with Gasteiger partial charge in [-0.05, 0) is 35.4 Å². The van der Waals surface area contributed by atoms with Crippen LogP contribution >= 0.6 is 15.9 Å². The molecule has 5 heteroatoms. The second-order valence-electron chi connectivity index (χ2n) is 6.36. The van der Waals surface area contributed by atoms with Gasteiger partial charge in [0.1, 0.15) is 6.61 Å². The number of benzene rings is 3. The summed E-state index contributed by atoms with van der Waals surface area (Å²) in [6.07, 6.45) is 1.86. The van der Waals surface area contributed by atoms with E-state index < -0.39 is 0 Å². The summed E-state index contributed by atoms with van der Waals surface area (Å²) in [6, 6.07) is 21.3. The molecule has 1 N–H and O–H groups in total. The molecule has 0 spiro atoms. The molecule has 1 aliphatic rings. The SMILES string of the molecule is COc1cc(/C=C2\C(=O)Nc3ccccc32)c(Br)cc1OCc1ccccc1. The number of hydrogen-bond donors (Lipinski definition) is 1. The third kappa shape index (κ3) is 3.66. The first-order chi connectivity index (χ1) is 13.7. The van der Waals surface area contributed by atoms with Crippen LogP contribution in [0, 0.1) is 0 Å². The van der Waals surface area contributed by atoms with Gasteiger partial charge in [-0.25, -0.2) is 0 Å². The number of rotatable bonds is 5. The molecule has 0 saturated heterocycles. The molecule has 4 rings (SSSR count). The first-order valence-electron chi connectivity index (χ1n) is 8.82. The molecule has 3 aromatic rings. The molecule has 0 atom stereocenters. The van der Waals surface area contributed by atoms with Crippen LogP contribution in [0.3, 0.4) is 0 Å². The summed E-state index contributed by atoms with van der Waals surface area (Å²) in [5, 5.41) is 2.89. The van der Waals surface area contributed by atoms with Gasteiger partial charge < -0.3 is 14.8 Å². The van der Waals surface area contributed by atoms with Gasteiger partial charge in [0.05, 0.1) is 7.11 Å². The van der Waals surface area contributed by atoms with E-state index in [0.29, 0.717) is 23.7 Å². The number of para-hydroxylation sites is 1. The zero-order chi connectivity index (χ0) is 19.5. The van der Waals surface area contributed by atoms with Crippen molar-refractivity contribution in [2.24, 2.45) is 0 Å². The Bertz CT molecular complexity index is 1060. The van der Waals surface area contributed by atoms with Crippen LogP contribution in [0.15, 0.2) is 71.2 Å². The second kappa shape index (κ2) is 7.90. The number of ether oxygens (including phenoxy) is 2. The first kappa shape index (κ1) is 18.3. The number of carbonyl (C=O) groups excluding carboxylic acids is 1. The second-order valence-corrected chi connectivity index (χ2v) is 7.21. The molecule has 3 aromatic carbocycles. The maximum atomic E-state index is 12.4. The van der Waals surface area contributed by atoms with Crippen molar-refractivity contribution in [1.29, 1.82) is 0 Å². The van der Waals surface area contributed by atoms with Gasteiger partial charge in [-0.15, -0.1) is 0 Å². The minimum absolute atomic E-state index is 0.114. The van der Waals surface area contributed by atoms with E-state index in [4.69, 9.17) is 9.47 Å². The van der Waals surface area contributed by atoms with Gasteiger partial charge in [-0.2, -0.15) is 0 Å². The van der Waals surface area contributed by atoms with Gasteiger partial charge in [0, 0.05) is 21.3 Å². The number of hydrogen-bond acceptors (Lipinski definition) is 3. The molecule has 1 amide bonds. The van der Waals surface area contributed by atoms with E-state index in [9.17, 15) is 4.79 Å². The summed E-state index contributed by atoms with van der Waals surface area (Å²) in [7, 11) is 1.60. The van der Waals surface area contributed by atoms with Crippen LogP contribution in [-0.4, -0.2) is 13.0 Å². The normalized spacial score (nSPS) is 13.9. The van der Waals surface area contributed by atoms with Crippen LogP contribution < -0.4 is 14.8 Å². The third-order valence-corrected chi connectivity index (χ3v) is 5.22. The van der Waals surface area contributed by atoms with Crippen molar-refractivity contribution < 1.29 is 14.3 Å². The number of fused-ring (bicyclic) bond motifs is 1. The Hall–Kier alpha value is -3.05. The molecule has 1 aliphatic heterocycles. The molecule has 0 radical (unpaired) electrons. The highest BCUT2D eigenvalue weighted by atomic mass is 79.9. The Morgan fingerprint density at radius 3 is 2.54 bits per heavy atom. The average Bonchev–Trinajstić information content (AvgIpc) is 3.04. The first-order valence-corrected chi connectivity index (χ1v) is 9.61. The Kier molecular flexibility index (Phi) is 5.17. The molecule has 4 nitrogen and oxygen atoms in total. The highest BCUT2D eigenvalue weighted by molar-refractivity contribution is 9.10. The zero-order valence-electron chi connectivity index (χ0n) is 15.2. The fraction of sp³-hybridized carbons (Fsp3) is 0.0870. The summed E-state index contributed by atoms with van der Waals surface area (Å²) in [4.78, 5) is 12.4. The molecule has 0 unspecified atom stereocenters. The lowest BCUT2D eigenvalue weighted by molar-refractivity contribution is -0.110. The topological polar surface area (TPSA) is 47.6 Å². The Balaban J connectivity index is 1.65. The average molecular weight is 436 g/mol. The maximum Gasteiger partial charge on any atom is 0.256 e. The molecule has 0 aromatic heterocycles. The number of carbonyl (C=O) groups is 1. The Morgan fingerprint density at radius 2 is 1.75 bits per heavy atom. The van der Waals surface area contributed by atoms with E-state index in [-0.39, 0.29) is 5.91 Å². The van der Waals surface area contributed by atoms with Crippen LogP contribution in [-0.2, 0) is 11.4 Å². The van der Waals surface area contributed by atoms with Crippen LogP contribution in [0.25, 0.3) is 11.6 Å². The van der Waals surface area contributed by atoms with Crippen molar-refractivity contribution >= 4 is 39.2 Å². The molecule has 1 heterocycles. The van der Waals surface area contributed by atoms with Crippen molar-refractivity contribution in [3.8, 4) is 11.5 Å². The van der Waals surface area contributed by atoms with Crippen molar-refractivity contribution in [2.75, 3.05) is 12.4 Å². The lowest BCUT2D eigenvalue weighted by Gasteiger charge is -2.13.